The van der Waals surface area contributed by atoms with Crippen LogP contribution >= 0.6 is 0 Å². The standard InChI is InChI=1S/C26H14F6N6O10S/c27-25(28,29)13-9-19(35(39)40)23(20(10-13)36(41)42)33-15-1-5-17(6-2-15)49(47,48)18-7-3-16(4-8-18)34-24-21(37(43)44)11-14(26(30,31)32)12-22(24)38(45)46/h1-12,33-34H. The Hall–Kier alpha value is -6.39. The first-order valence-electron chi connectivity index (χ1n) is 12.7. The van der Waals surface area contributed by atoms with Crippen molar-refractivity contribution in [2.75, 3.05) is 10.6 Å². The van der Waals surface area contributed by atoms with E-state index in [9.17, 15) is 75.2 Å². The van der Waals surface area contributed by atoms with Gasteiger partial charge in [-0.25, -0.2) is 8.42 Å². The highest BCUT2D eigenvalue weighted by Crippen LogP contribution is 2.44. The topological polar surface area (TPSA) is 231 Å². The van der Waals surface area contributed by atoms with Crippen molar-refractivity contribution in [1.29, 1.82) is 0 Å². The third-order valence-corrected chi connectivity index (χ3v) is 8.29. The minimum atomic E-state index is -5.16. The highest BCUT2D eigenvalue weighted by Gasteiger charge is 2.39. The highest BCUT2D eigenvalue weighted by molar-refractivity contribution is 7.91. The number of alkyl halides is 6. The van der Waals surface area contributed by atoms with Crippen LogP contribution in [0, 0.1) is 40.5 Å². The fraction of sp³-hybridized carbons (Fsp3) is 0.0769. The Labute approximate surface area is 267 Å². The van der Waals surface area contributed by atoms with Crippen molar-refractivity contribution < 1.29 is 54.5 Å². The molecule has 23 heteroatoms. The number of hydrogen-bond acceptors (Lipinski definition) is 12. The minimum Gasteiger partial charge on any atom is -0.344 e. The number of anilines is 4. The molecule has 49 heavy (non-hydrogen) atoms. The molecule has 0 aliphatic carbocycles. The fourth-order valence-corrected chi connectivity index (χ4v) is 5.50. The zero-order chi connectivity index (χ0) is 36.6. The molecule has 0 atom stereocenters. The first kappa shape index (κ1) is 35.5. The first-order chi connectivity index (χ1) is 22.6. The molecule has 0 saturated heterocycles. The predicted octanol–water partition coefficient (Wildman–Crippen LogP) is 7.68. The maximum Gasteiger partial charge on any atom is 0.416 e. The van der Waals surface area contributed by atoms with Crippen molar-refractivity contribution in [3.8, 4) is 0 Å². The van der Waals surface area contributed by atoms with E-state index in [4.69, 9.17) is 0 Å². The number of nitro groups is 4. The molecule has 4 aromatic rings. The Balaban J connectivity index is 1.64. The van der Waals surface area contributed by atoms with E-state index in [1.54, 1.807) is 0 Å². The smallest absolute Gasteiger partial charge is 0.344 e. The number of sulfone groups is 1. The minimum absolute atomic E-state index is 0.0840. The summed E-state index contributed by atoms with van der Waals surface area (Å²) in [4.78, 5) is 39.9. The van der Waals surface area contributed by atoms with Crippen LogP contribution < -0.4 is 10.6 Å². The number of rotatable bonds is 10. The number of nitrogens with zero attached hydrogens (tertiary/aromatic N) is 4. The van der Waals surface area contributed by atoms with Crippen LogP contribution in [0.4, 0.5) is 71.8 Å². The van der Waals surface area contributed by atoms with Crippen LogP contribution in [0.25, 0.3) is 0 Å². The third kappa shape index (κ3) is 7.45. The Morgan fingerprint density at radius 1 is 0.490 bits per heavy atom. The quantitative estimate of drug-likeness (QED) is 0.0914. The zero-order valence-electron chi connectivity index (χ0n) is 23.5. The molecule has 0 aliphatic heterocycles. The van der Waals surface area contributed by atoms with Gasteiger partial charge in [0, 0.05) is 35.6 Å². The average Bonchev–Trinajstić information content (AvgIpc) is 3.00. The molecule has 2 N–H and O–H groups in total. The second-order valence-electron chi connectivity index (χ2n) is 9.61. The van der Waals surface area contributed by atoms with Gasteiger partial charge in [0.25, 0.3) is 22.7 Å². The summed E-state index contributed by atoms with van der Waals surface area (Å²) in [6.45, 7) is 0. The highest BCUT2D eigenvalue weighted by atomic mass is 32.2. The summed E-state index contributed by atoms with van der Waals surface area (Å²) in [5.41, 5.74) is -10.7. The number of nitro benzene ring substituents is 4. The number of benzene rings is 4. The van der Waals surface area contributed by atoms with E-state index < -0.39 is 96.9 Å². The molecular formula is C26H14F6N6O10S. The van der Waals surface area contributed by atoms with Crippen LogP contribution in [0.5, 0.6) is 0 Å². The molecule has 256 valence electrons. The summed E-state index contributed by atoms with van der Waals surface area (Å²) in [5.74, 6) is 0. The number of hydrogen-bond donors (Lipinski definition) is 2. The van der Waals surface area contributed by atoms with Crippen LogP contribution in [-0.2, 0) is 22.2 Å². The summed E-state index contributed by atoms with van der Waals surface area (Å²) in [7, 11) is -4.39. The lowest BCUT2D eigenvalue weighted by Crippen LogP contribution is -2.09. The molecule has 0 fully saturated rings. The fourth-order valence-electron chi connectivity index (χ4n) is 4.24. The van der Waals surface area contributed by atoms with Crippen molar-refractivity contribution in [1.82, 2.24) is 0 Å². The summed E-state index contributed by atoms with van der Waals surface area (Å²) >= 11 is 0. The molecular weight excluding hydrogens is 702 g/mol. The van der Waals surface area contributed by atoms with Gasteiger partial charge in [-0.3, -0.25) is 40.5 Å². The van der Waals surface area contributed by atoms with E-state index in [-0.39, 0.29) is 35.6 Å². The maximum atomic E-state index is 13.2. The lowest BCUT2D eigenvalue weighted by molar-refractivity contribution is -0.392. The first-order valence-corrected chi connectivity index (χ1v) is 14.2. The Morgan fingerprint density at radius 2 is 0.735 bits per heavy atom. The van der Waals surface area contributed by atoms with Gasteiger partial charge in [0.05, 0.1) is 40.6 Å². The van der Waals surface area contributed by atoms with Crippen molar-refractivity contribution in [3.63, 3.8) is 0 Å². The lowest BCUT2D eigenvalue weighted by Gasteiger charge is -2.13. The molecule has 0 aromatic heterocycles. The summed E-state index contributed by atoms with van der Waals surface area (Å²) in [6, 6.07) is 8.10. The van der Waals surface area contributed by atoms with Gasteiger partial charge in [-0.15, -0.1) is 0 Å². The van der Waals surface area contributed by atoms with Gasteiger partial charge in [-0.2, -0.15) is 26.3 Å². The Bertz CT molecular complexity index is 1910. The SMILES string of the molecule is O=[N+]([O-])c1cc(C(F)(F)F)cc([N+](=O)[O-])c1Nc1ccc(S(=O)(=O)c2ccc(Nc3c([N+](=O)[O-])cc(C(F)(F)F)cc3[N+](=O)[O-])cc2)cc1. The number of nitrogens with one attached hydrogen (secondary N) is 2. The van der Waals surface area contributed by atoms with Gasteiger partial charge in [0.1, 0.15) is 0 Å². The van der Waals surface area contributed by atoms with E-state index in [1.165, 1.54) is 0 Å². The van der Waals surface area contributed by atoms with Crippen molar-refractivity contribution in [2.45, 2.75) is 22.1 Å². The molecule has 4 aromatic carbocycles. The zero-order valence-corrected chi connectivity index (χ0v) is 24.3. The van der Waals surface area contributed by atoms with Crippen LogP contribution in [0.1, 0.15) is 11.1 Å². The van der Waals surface area contributed by atoms with Crippen LogP contribution in [0.15, 0.2) is 82.6 Å². The third-order valence-electron chi connectivity index (χ3n) is 6.50. The van der Waals surface area contributed by atoms with Gasteiger partial charge < -0.3 is 10.6 Å². The van der Waals surface area contributed by atoms with E-state index in [2.05, 4.69) is 10.6 Å². The molecule has 16 nitrogen and oxygen atoms in total. The molecule has 0 amide bonds. The van der Waals surface area contributed by atoms with Crippen molar-refractivity contribution in [2.24, 2.45) is 0 Å². The molecule has 0 spiro atoms. The normalized spacial score (nSPS) is 11.9. The Kier molecular flexibility index (Phi) is 9.17. The summed E-state index contributed by atoms with van der Waals surface area (Å²) in [6.07, 6.45) is -10.3. The van der Waals surface area contributed by atoms with E-state index >= 15 is 0 Å². The molecule has 0 unspecified atom stereocenters. The van der Waals surface area contributed by atoms with Gasteiger partial charge in [-0.05, 0) is 48.5 Å². The Morgan fingerprint density at radius 3 is 0.939 bits per heavy atom. The second-order valence-corrected chi connectivity index (χ2v) is 11.6. The van der Waals surface area contributed by atoms with E-state index in [0.717, 1.165) is 48.5 Å². The van der Waals surface area contributed by atoms with Crippen LogP contribution in [-0.4, -0.2) is 28.1 Å². The second kappa shape index (κ2) is 12.7. The molecule has 0 aliphatic rings. The number of halogens is 6. The van der Waals surface area contributed by atoms with E-state index in [0.29, 0.717) is 0 Å². The van der Waals surface area contributed by atoms with Crippen molar-refractivity contribution >= 4 is 55.3 Å². The average molecular weight is 716 g/mol. The molecule has 0 radical (unpaired) electrons. The molecule has 0 saturated carbocycles. The van der Waals surface area contributed by atoms with Gasteiger partial charge in [0.15, 0.2) is 11.4 Å². The van der Waals surface area contributed by atoms with E-state index in [1.807, 2.05) is 0 Å². The van der Waals surface area contributed by atoms with Crippen LogP contribution in [0.2, 0.25) is 0 Å². The summed E-state index contributed by atoms with van der Waals surface area (Å²) < 4.78 is 105. The summed E-state index contributed by atoms with van der Waals surface area (Å²) in [5, 5.41) is 50.4. The molecule has 0 heterocycles. The van der Waals surface area contributed by atoms with Crippen LogP contribution in [0.3, 0.4) is 0 Å². The predicted molar refractivity (Wildman–Crippen MR) is 154 cm³/mol. The van der Waals surface area contributed by atoms with Gasteiger partial charge in [-0.1, -0.05) is 0 Å². The monoisotopic (exact) mass is 716 g/mol. The van der Waals surface area contributed by atoms with Gasteiger partial charge in [0.2, 0.25) is 9.84 Å². The molecule has 4 rings (SSSR count). The maximum absolute atomic E-state index is 13.2. The molecule has 0 bridgehead atoms. The van der Waals surface area contributed by atoms with Crippen molar-refractivity contribution in [3.05, 3.63) is 124 Å². The van der Waals surface area contributed by atoms with Gasteiger partial charge >= 0.3 is 12.4 Å². The lowest BCUT2D eigenvalue weighted by atomic mass is 10.1. The largest absolute Gasteiger partial charge is 0.416 e.